The molecule has 0 aliphatic carbocycles. The smallest absolute Gasteiger partial charge is 0.323 e. The number of nitrogens with one attached hydrogen (secondary N) is 1. The highest BCUT2D eigenvalue weighted by Crippen LogP contribution is 2.20. The molecule has 0 radical (unpaired) electrons. The number of aromatic nitrogens is 1. The molecule has 18 heavy (non-hydrogen) atoms. The molecule has 1 aliphatic heterocycles. The fourth-order valence-electron chi connectivity index (χ4n) is 1.95. The summed E-state index contributed by atoms with van der Waals surface area (Å²) in [5.74, 6) is -1.29. The third-order valence-electron chi connectivity index (χ3n) is 2.89. The first-order valence-corrected chi connectivity index (χ1v) is 6.59. The van der Waals surface area contributed by atoms with Crippen molar-refractivity contribution in [1.29, 1.82) is 0 Å². The molecule has 1 atom stereocenters. The third kappa shape index (κ3) is 2.98. The van der Waals surface area contributed by atoms with E-state index in [9.17, 15) is 9.59 Å². The van der Waals surface area contributed by atoms with Crippen LogP contribution in [0.25, 0.3) is 0 Å². The van der Waals surface area contributed by atoms with E-state index in [1.165, 1.54) is 11.3 Å². The number of aryl methyl sites for hydroxylation is 1. The number of carboxylic acid groups (broad SMARTS) is 1. The third-order valence-corrected chi connectivity index (χ3v) is 3.72. The summed E-state index contributed by atoms with van der Waals surface area (Å²) in [6.45, 7) is 2.78. The number of anilines is 1. The van der Waals surface area contributed by atoms with Crippen molar-refractivity contribution in [2.45, 2.75) is 19.8 Å². The molecule has 0 aromatic carbocycles. The van der Waals surface area contributed by atoms with Gasteiger partial charge in [0.05, 0.1) is 5.92 Å². The van der Waals surface area contributed by atoms with Crippen molar-refractivity contribution in [3.63, 3.8) is 0 Å². The van der Waals surface area contributed by atoms with Crippen molar-refractivity contribution in [2.24, 2.45) is 5.92 Å². The minimum Gasteiger partial charge on any atom is -0.481 e. The summed E-state index contributed by atoms with van der Waals surface area (Å²) < 4.78 is 0. The highest BCUT2D eigenvalue weighted by atomic mass is 32.1. The first-order valence-electron chi connectivity index (χ1n) is 5.77. The zero-order valence-corrected chi connectivity index (χ0v) is 10.9. The van der Waals surface area contributed by atoms with Gasteiger partial charge in [0.1, 0.15) is 0 Å². The van der Waals surface area contributed by atoms with Crippen molar-refractivity contribution >= 4 is 28.5 Å². The normalized spacial score (nSPS) is 19.6. The molecule has 1 saturated heterocycles. The average Bonchev–Trinajstić information content (AvgIpc) is 2.75. The summed E-state index contributed by atoms with van der Waals surface area (Å²) in [4.78, 5) is 29.5. The van der Waals surface area contributed by atoms with Gasteiger partial charge in [-0.25, -0.2) is 9.78 Å². The number of nitrogens with zero attached hydrogens (tertiary/aromatic N) is 2. The molecule has 2 rings (SSSR count). The molecule has 0 spiro atoms. The SMILES string of the molecule is Cc1cnc(NC(=O)N2CCC[C@@H](C(=O)O)C2)s1. The predicted octanol–water partition coefficient (Wildman–Crippen LogP) is 1.78. The molecule has 0 unspecified atom stereocenters. The Morgan fingerprint density at radius 1 is 1.61 bits per heavy atom. The lowest BCUT2D eigenvalue weighted by molar-refractivity contribution is -0.143. The number of carbonyl (C=O) groups is 2. The van der Waals surface area contributed by atoms with Gasteiger partial charge in [-0.15, -0.1) is 11.3 Å². The summed E-state index contributed by atoms with van der Waals surface area (Å²) in [6, 6.07) is -0.268. The van der Waals surface area contributed by atoms with Gasteiger partial charge in [-0.05, 0) is 19.8 Å². The number of carbonyl (C=O) groups excluding carboxylic acids is 1. The molecule has 1 aromatic heterocycles. The standard InChI is InChI=1S/C11H15N3O3S/c1-7-5-12-10(18-7)13-11(17)14-4-2-3-8(6-14)9(15)16/h5,8H,2-4,6H2,1H3,(H,15,16)(H,12,13,17)/t8-/m1/s1. The second-order valence-corrected chi connectivity index (χ2v) is 5.56. The first kappa shape index (κ1) is 12.8. The average molecular weight is 269 g/mol. The Bertz CT molecular complexity index is 460. The zero-order valence-electron chi connectivity index (χ0n) is 10.0. The van der Waals surface area contributed by atoms with Crippen molar-refractivity contribution in [3.8, 4) is 0 Å². The van der Waals surface area contributed by atoms with Crippen LogP contribution in [-0.2, 0) is 4.79 Å². The van der Waals surface area contributed by atoms with Gasteiger partial charge in [0.15, 0.2) is 5.13 Å². The second kappa shape index (κ2) is 5.34. The van der Waals surface area contributed by atoms with Gasteiger partial charge in [-0.2, -0.15) is 0 Å². The minimum absolute atomic E-state index is 0.268. The van der Waals surface area contributed by atoms with Crippen molar-refractivity contribution in [1.82, 2.24) is 9.88 Å². The number of hydrogen-bond donors (Lipinski definition) is 2. The van der Waals surface area contributed by atoms with E-state index in [2.05, 4.69) is 10.3 Å². The maximum atomic E-state index is 11.9. The van der Waals surface area contributed by atoms with Crippen LogP contribution in [0.15, 0.2) is 6.20 Å². The van der Waals surface area contributed by atoms with Crippen LogP contribution >= 0.6 is 11.3 Å². The maximum absolute atomic E-state index is 11.9. The van der Waals surface area contributed by atoms with Crippen LogP contribution in [0, 0.1) is 12.8 Å². The molecule has 0 bridgehead atoms. The van der Waals surface area contributed by atoms with Gasteiger partial charge in [0, 0.05) is 24.2 Å². The summed E-state index contributed by atoms with van der Waals surface area (Å²) >= 11 is 1.40. The number of carboxylic acids is 1. The number of rotatable bonds is 2. The summed E-state index contributed by atoms with van der Waals surface area (Å²) in [6.07, 6.45) is 3.05. The lowest BCUT2D eigenvalue weighted by Crippen LogP contribution is -2.44. The molecule has 1 aromatic rings. The highest BCUT2D eigenvalue weighted by molar-refractivity contribution is 7.15. The zero-order chi connectivity index (χ0) is 13.1. The van der Waals surface area contributed by atoms with E-state index in [0.717, 1.165) is 11.3 Å². The molecular formula is C11H15N3O3S. The Hall–Kier alpha value is -1.63. The second-order valence-electron chi connectivity index (χ2n) is 4.33. The lowest BCUT2D eigenvalue weighted by Gasteiger charge is -2.30. The number of piperidine rings is 1. The fraction of sp³-hybridized carbons (Fsp3) is 0.545. The van der Waals surface area contributed by atoms with Crippen LogP contribution in [0.1, 0.15) is 17.7 Å². The van der Waals surface area contributed by atoms with Crippen LogP contribution in [-0.4, -0.2) is 40.1 Å². The van der Waals surface area contributed by atoms with Gasteiger partial charge < -0.3 is 10.0 Å². The monoisotopic (exact) mass is 269 g/mol. The van der Waals surface area contributed by atoms with E-state index in [0.29, 0.717) is 18.1 Å². The van der Waals surface area contributed by atoms with E-state index >= 15 is 0 Å². The van der Waals surface area contributed by atoms with Crippen LogP contribution in [0.5, 0.6) is 0 Å². The van der Waals surface area contributed by atoms with Gasteiger partial charge in [0.25, 0.3) is 0 Å². The summed E-state index contributed by atoms with van der Waals surface area (Å²) in [5, 5.41) is 12.2. The first-order chi connectivity index (χ1) is 8.56. The molecule has 7 heteroatoms. The van der Waals surface area contributed by atoms with Crippen LogP contribution < -0.4 is 5.32 Å². The number of amides is 2. The van der Waals surface area contributed by atoms with E-state index in [1.807, 2.05) is 6.92 Å². The molecule has 1 aliphatic rings. The van der Waals surface area contributed by atoms with Gasteiger partial charge >= 0.3 is 12.0 Å². The van der Waals surface area contributed by atoms with Gasteiger partial charge in [0.2, 0.25) is 0 Å². The van der Waals surface area contributed by atoms with Gasteiger partial charge in [-0.1, -0.05) is 0 Å². The number of likely N-dealkylation sites (tertiary alicyclic amines) is 1. The molecule has 6 nitrogen and oxygen atoms in total. The molecule has 0 saturated carbocycles. The Balaban J connectivity index is 1.94. The number of aliphatic carboxylic acids is 1. The molecule has 2 N–H and O–H groups in total. The Kier molecular flexibility index (Phi) is 3.81. The molecular weight excluding hydrogens is 254 g/mol. The lowest BCUT2D eigenvalue weighted by atomic mass is 9.99. The molecule has 2 amide bonds. The Labute approximate surface area is 109 Å². The quantitative estimate of drug-likeness (QED) is 0.857. The van der Waals surface area contributed by atoms with E-state index in [1.54, 1.807) is 11.1 Å². The van der Waals surface area contributed by atoms with Crippen molar-refractivity contribution in [2.75, 3.05) is 18.4 Å². The largest absolute Gasteiger partial charge is 0.481 e. The number of hydrogen-bond acceptors (Lipinski definition) is 4. The molecule has 2 heterocycles. The van der Waals surface area contributed by atoms with Crippen molar-refractivity contribution in [3.05, 3.63) is 11.1 Å². The van der Waals surface area contributed by atoms with E-state index < -0.39 is 11.9 Å². The fourth-order valence-corrected chi connectivity index (χ4v) is 2.60. The van der Waals surface area contributed by atoms with Crippen LogP contribution in [0.2, 0.25) is 0 Å². The number of thiazole rings is 1. The molecule has 98 valence electrons. The van der Waals surface area contributed by atoms with Gasteiger partial charge in [-0.3, -0.25) is 10.1 Å². The highest BCUT2D eigenvalue weighted by Gasteiger charge is 2.28. The van der Waals surface area contributed by atoms with E-state index in [4.69, 9.17) is 5.11 Å². The summed E-state index contributed by atoms with van der Waals surface area (Å²) in [5.41, 5.74) is 0. The van der Waals surface area contributed by atoms with E-state index in [-0.39, 0.29) is 12.6 Å². The van der Waals surface area contributed by atoms with Crippen LogP contribution in [0.3, 0.4) is 0 Å². The minimum atomic E-state index is -0.836. The molecule has 1 fully saturated rings. The van der Waals surface area contributed by atoms with Crippen molar-refractivity contribution < 1.29 is 14.7 Å². The predicted molar refractivity (Wildman–Crippen MR) is 67.8 cm³/mol. The topological polar surface area (TPSA) is 82.5 Å². The number of urea groups is 1. The maximum Gasteiger partial charge on any atom is 0.323 e. The Morgan fingerprint density at radius 2 is 2.39 bits per heavy atom. The summed E-state index contributed by atoms with van der Waals surface area (Å²) in [7, 11) is 0. The Morgan fingerprint density at radius 3 is 3.00 bits per heavy atom. The van der Waals surface area contributed by atoms with Crippen LogP contribution in [0.4, 0.5) is 9.93 Å².